The summed E-state index contributed by atoms with van der Waals surface area (Å²) < 4.78 is 49.5. The lowest BCUT2D eigenvalue weighted by Crippen LogP contribution is -2.07. The maximum atomic E-state index is 12.9. The third kappa shape index (κ3) is 2.42. The van der Waals surface area contributed by atoms with E-state index in [9.17, 15) is 22.5 Å². The number of alkyl halides is 3. The van der Waals surface area contributed by atoms with Gasteiger partial charge in [0.15, 0.2) is 7.11 Å². The molecule has 0 unspecified atom stereocenters. The van der Waals surface area contributed by atoms with Gasteiger partial charge in [0.1, 0.15) is 0 Å². The van der Waals surface area contributed by atoms with Crippen LogP contribution in [0.4, 0.5) is 23.2 Å². The Morgan fingerprint density at radius 1 is 1.33 bits per heavy atom. The molecule has 0 bridgehead atoms. The molecular weight excluding hydrogens is 218 g/mol. The summed E-state index contributed by atoms with van der Waals surface area (Å²) in [5.41, 5.74) is -1.93. The molecule has 1 aromatic carbocycles. The van der Waals surface area contributed by atoms with Crippen molar-refractivity contribution in [3.05, 3.63) is 34.5 Å². The predicted molar refractivity (Wildman–Crippen MR) is 41.7 cm³/mol. The molecule has 0 amide bonds. The van der Waals surface area contributed by atoms with Crippen LogP contribution < -0.4 is 0 Å². The maximum Gasteiger partial charge on any atom is 0.416 e. The lowest BCUT2D eigenvalue weighted by molar-refractivity contribution is -0.737. The SMILES string of the molecule is CO[N+](=O)c1cc(C(F)(F)F)ccc1F. The second kappa shape index (κ2) is 3.84. The van der Waals surface area contributed by atoms with Crippen LogP contribution >= 0.6 is 0 Å². The van der Waals surface area contributed by atoms with Gasteiger partial charge in [-0.25, -0.2) is 4.84 Å². The Morgan fingerprint density at radius 3 is 2.40 bits per heavy atom. The summed E-state index contributed by atoms with van der Waals surface area (Å²) in [6.45, 7) is 0. The molecule has 0 aromatic heterocycles. The molecule has 82 valence electrons. The quantitative estimate of drug-likeness (QED) is 0.571. The molecule has 0 aliphatic carbocycles. The highest BCUT2D eigenvalue weighted by atomic mass is 19.4. The minimum atomic E-state index is -4.63. The van der Waals surface area contributed by atoms with E-state index in [1.54, 1.807) is 0 Å². The van der Waals surface area contributed by atoms with Crippen LogP contribution in [0.1, 0.15) is 5.56 Å². The highest BCUT2D eigenvalue weighted by Gasteiger charge is 2.34. The Bertz CT molecular complexity index is 389. The first-order valence-electron chi connectivity index (χ1n) is 3.74. The normalized spacial score (nSPS) is 11.3. The smallest absolute Gasteiger partial charge is 0.230 e. The molecule has 0 aliphatic rings. The molecule has 1 aromatic rings. The van der Waals surface area contributed by atoms with Crippen molar-refractivity contribution in [1.29, 1.82) is 0 Å². The fourth-order valence-corrected chi connectivity index (χ4v) is 0.927. The van der Waals surface area contributed by atoms with Crippen molar-refractivity contribution in [2.24, 2.45) is 0 Å². The van der Waals surface area contributed by atoms with E-state index in [-0.39, 0.29) is 4.92 Å². The zero-order valence-corrected chi connectivity index (χ0v) is 7.51. The highest BCUT2D eigenvalue weighted by Crippen LogP contribution is 2.32. The van der Waals surface area contributed by atoms with Crippen LogP contribution in [-0.2, 0) is 11.0 Å². The highest BCUT2D eigenvalue weighted by molar-refractivity contribution is 5.36. The van der Waals surface area contributed by atoms with Gasteiger partial charge in [0.2, 0.25) is 5.82 Å². The van der Waals surface area contributed by atoms with Crippen molar-refractivity contribution in [2.45, 2.75) is 6.18 Å². The van der Waals surface area contributed by atoms with E-state index in [0.29, 0.717) is 18.2 Å². The minimum Gasteiger partial charge on any atom is -0.230 e. The van der Waals surface area contributed by atoms with Crippen LogP contribution in [0.25, 0.3) is 0 Å². The average Bonchev–Trinajstić information content (AvgIpc) is 2.15. The van der Waals surface area contributed by atoms with Gasteiger partial charge in [-0.05, 0) is 12.1 Å². The lowest BCUT2D eigenvalue weighted by atomic mass is 10.2. The third-order valence-corrected chi connectivity index (χ3v) is 1.64. The molecule has 0 saturated heterocycles. The van der Waals surface area contributed by atoms with E-state index in [4.69, 9.17) is 0 Å². The summed E-state index contributed by atoms with van der Waals surface area (Å²) >= 11 is 0. The molecule has 3 nitrogen and oxygen atoms in total. The van der Waals surface area contributed by atoms with E-state index in [1.165, 1.54) is 0 Å². The second-order valence-corrected chi connectivity index (χ2v) is 2.60. The minimum absolute atomic E-state index is 0.329. The van der Waals surface area contributed by atoms with Crippen LogP contribution in [0.3, 0.4) is 0 Å². The first-order chi connectivity index (χ1) is 6.86. The molecule has 15 heavy (non-hydrogen) atoms. The number of nitrogens with zero attached hydrogens (tertiary/aromatic N) is 1. The topological polar surface area (TPSA) is 29.3 Å². The monoisotopic (exact) mass is 224 g/mol. The predicted octanol–water partition coefficient (Wildman–Crippen LogP) is 2.82. The number of benzene rings is 1. The first-order valence-corrected chi connectivity index (χ1v) is 3.74. The molecule has 1 rings (SSSR count). The van der Waals surface area contributed by atoms with E-state index in [1.807, 2.05) is 0 Å². The molecule has 0 spiro atoms. The summed E-state index contributed by atoms with van der Waals surface area (Å²) in [6.07, 6.45) is -4.63. The summed E-state index contributed by atoms with van der Waals surface area (Å²) in [6, 6.07) is 1.48. The number of hydrogen-bond donors (Lipinski definition) is 0. The van der Waals surface area contributed by atoms with Gasteiger partial charge in [0, 0.05) is 6.07 Å². The second-order valence-electron chi connectivity index (χ2n) is 2.60. The van der Waals surface area contributed by atoms with Crippen molar-refractivity contribution in [3.8, 4) is 0 Å². The average molecular weight is 224 g/mol. The Balaban J connectivity index is 3.23. The standard InChI is InChI=1S/C8H6F4NO2/c1-15-13(14)7-4-5(8(10,11)12)2-3-6(7)9/h2-4H,1H3/q+1. The van der Waals surface area contributed by atoms with E-state index >= 15 is 0 Å². The van der Waals surface area contributed by atoms with Gasteiger partial charge in [0.25, 0.3) is 4.92 Å². The summed E-state index contributed by atoms with van der Waals surface area (Å²) in [7, 11) is 0.923. The van der Waals surface area contributed by atoms with E-state index < -0.39 is 23.2 Å². The number of rotatable bonds is 2. The van der Waals surface area contributed by atoms with Gasteiger partial charge >= 0.3 is 11.9 Å². The first kappa shape index (κ1) is 11.4. The Morgan fingerprint density at radius 2 is 1.93 bits per heavy atom. The van der Waals surface area contributed by atoms with Gasteiger partial charge in [-0.15, -0.1) is 0 Å². The molecule has 0 aliphatic heterocycles. The van der Waals surface area contributed by atoms with E-state index in [0.717, 1.165) is 7.11 Å². The molecule has 0 atom stereocenters. The summed E-state index contributed by atoms with van der Waals surface area (Å²) in [5.74, 6) is -1.08. The summed E-state index contributed by atoms with van der Waals surface area (Å²) in [4.78, 5) is 14.5. The fourth-order valence-electron chi connectivity index (χ4n) is 0.927. The van der Waals surface area contributed by atoms with Gasteiger partial charge in [-0.1, -0.05) is 0 Å². The van der Waals surface area contributed by atoms with Crippen LogP contribution in [0.5, 0.6) is 0 Å². The zero-order chi connectivity index (χ0) is 11.6. The Kier molecular flexibility index (Phi) is 2.92. The summed E-state index contributed by atoms with van der Waals surface area (Å²) in [5, 5.41) is 0. The molecule has 7 heteroatoms. The van der Waals surface area contributed by atoms with Crippen molar-refractivity contribution in [1.82, 2.24) is 0 Å². The van der Waals surface area contributed by atoms with Crippen molar-refractivity contribution < 1.29 is 27.3 Å². The van der Waals surface area contributed by atoms with Gasteiger partial charge in [-0.3, -0.25) is 0 Å². The lowest BCUT2D eigenvalue weighted by Gasteiger charge is -2.04. The number of halogens is 4. The van der Waals surface area contributed by atoms with Gasteiger partial charge < -0.3 is 0 Å². The fraction of sp³-hybridized carbons (Fsp3) is 0.250. The van der Waals surface area contributed by atoms with Crippen LogP contribution in [-0.4, -0.2) is 12.0 Å². The number of hydrogen-bond acceptors (Lipinski definition) is 2. The van der Waals surface area contributed by atoms with Gasteiger partial charge in [-0.2, -0.15) is 17.6 Å². The van der Waals surface area contributed by atoms with Crippen molar-refractivity contribution in [3.63, 3.8) is 0 Å². The molecule has 0 saturated carbocycles. The molecule has 0 heterocycles. The maximum absolute atomic E-state index is 12.9. The Labute approximate surface area is 81.8 Å². The van der Waals surface area contributed by atoms with Gasteiger partial charge in [0.05, 0.1) is 10.5 Å². The van der Waals surface area contributed by atoms with Crippen LogP contribution in [0.15, 0.2) is 18.2 Å². The third-order valence-electron chi connectivity index (χ3n) is 1.64. The largest absolute Gasteiger partial charge is 0.416 e. The molecule has 0 radical (unpaired) electrons. The molecular formula is C8H6F4NO2+. The molecule has 0 N–H and O–H groups in total. The van der Waals surface area contributed by atoms with E-state index in [2.05, 4.69) is 4.84 Å². The van der Waals surface area contributed by atoms with Crippen LogP contribution in [0, 0.1) is 10.7 Å². The Hall–Kier alpha value is -1.66. The molecule has 0 fully saturated rings. The van der Waals surface area contributed by atoms with Crippen molar-refractivity contribution in [2.75, 3.05) is 7.11 Å². The van der Waals surface area contributed by atoms with Crippen LogP contribution in [0.2, 0.25) is 0 Å². The zero-order valence-electron chi connectivity index (χ0n) is 7.51. The van der Waals surface area contributed by atoms with Crippen molar-refractivity contribution >= 4 is 5.69 Å².